The Balaban J connectivity index is 0. The van der Waals surface area contributed by atoms with Crippen molar-refractivity contribution in [3.05, 3.63) is 51.4 Å². The Morgan fingerprint density at radius 1 is 0.789 bits per heavy atom. The van der Waals surface area contributed by atoms with Crippen molar-refractivity contribution in [1.29, 1.82) is 0 Å². The van der Waals surface area contributed by atoms with E-state index < -0.39 is 5.97 Å². The van der Waals surface area contributed by atoms with Gasteiger partial charge in [0.2, 0.25) is 0 Å². The highest BCUT2D eigenvalue weighted by Crippen LogP contribution is 2.48. The first-order chi connectivity index (χ1) is 8.86. The van der Waals surface area contributed by atoms with E-state index in [1.54, 1.807) is 0 Å². The third-order valence-electron chi connectivity index (χ3n) is 1.42. The number of hydrogen-bond acceptors (Lipinski definition) is 2. The Morgan fingerprint density at radius 2 is 1.05 bits per heavy atom. The van der Waals surface area contributed by atoms with Crippen molar-refractivity contribution >= 4 is 64.0 Å². The second-order valence-corrected chi connectivity index (χ2v) is 4.38. The highest BCUT2D eigenvalue weighted by molar-refractivity contribution is 6.55. The molecular weight excluding hydrogens is 353 g/mol. The molecule has 0 bridgehead atoms. The molecule has 0 unspecified atom stereocenters. The molecule has 0 saturated carbocycles. The fourth-order valence-corrected chi connectivity index (χ4v) is 2.02. The maximum absolute atomic E-state index is 10.8. The Kier molecular flexibility index (Phi) is 11.5. The summed E-state index contributed by atoms with van der Waals surface area (Å²) in [5, 5.41) is -0.102. The van der Waals surface area contributed by atoms with Crippen LogP contribution in [0, 0.1) is 0 Å². The number of carbonyl (C=O) groups is 1. The number of benzene rings is 1. The lowest BCUT2D eigenvalue weighted by molar-refractivity contribution is -0.131. The van der Waals surface area contributed by atoms with Gasteiger partial charge in [0.1, 0.15) is 10.0 Å². The van der Waals surface area contributed by atoms with Gasteiger partial charge in [-0.25, -0.2) is 0 Å². The van der Waals surface area contributed by atoms with Crippen LogP contribution in [0.15, 0.2) is 26.3 Å². The predicted octanol–water partition coefficient (Wildman–Crippen LogP) is 6.48. The van der Waals surface area contributed by atoms with Gasteiger partial charge in [0, 0.05) is 6.92 Å². The normalized spacial score (nSPS) is 8.53. The average molecular weight is 364 g/mol. The van der Waals surface area contributed by atoms with E-state index in [-0.39, 0.29) is 30.9 Å². The van der Waals surface area contributed by atoms with Crippen molar-refractivity contribution in [2.45, 2.75) is 6.92 Å². The van der Waals surface area contributed by atoms with E-state index in [0.717, 1.165) is 0 Å². The van der Waals surface area contributed by atoms with Crippen LogP contribution in [0.25, 0.3) is 0 Å². The zero-order valence-electron chi connectivity index (χ0n) is 10.0. The van der Waals surface area contributed by atoms with Gasteiger partial charge < -0.3 is 4.74 Å². The topological polar surface area (TPSA) is 26.3 Å². The Morgan fingerprint density at radius 3 is 1.32 bits per heavy atom. The largest absolute Gasteiger partial charge is 0.423 e. The van der Waals surface area contributed by atoms with Crippen molar-refractivity contribution < 1.29 is 9.53 Å². The van der Waals surface area contributed by atoms with Crippen molar-refractivity contribution in [3.8, 4) is 5.75 Å². The summed E-state index contributed by atoms with van der Waals surface area (Å²) in [7, 11) is 0. The molecule has 0 atom stereocenters. The minimum absolute atomic E-state index is 0.0102. The van der Waals surface area contributed by atoms with Gasteiger partial charge >= 0.3 is 5.97 Å². The number of esters is 1. The molecule has 106 valence electrons. The number of halogens is 5. The molecule has 1 aromatic rings. The lowest BCUT2D eigenvalue weighted by Gasteiger charge is -2.10. The standard InChI is InChI=1S/C8H3Cl5O2.2C2H4/c1-2(14)15-8-6(12)4(10)3(9)5(11)7(8)13;2*1-2/h1H3;2*1-2H2. The average Bonchev–Trinajstić information content (AvgIpc) is 2.43. The summed E-state index contributed by atoms with van der Waals surface area (Å²) < 4.78 is 4.76. The highest BCUT2D eigenvalue weighted by atomic mass is 35.5. The quantitative estimate of drug-likeness (QED) is 0.187. The van der Waals surface area contributed by atoms with Gasteiger partial charge in [-0.15, -0.1) is 26.3 Å². The fraction of sp³-hybridized carbons (Fsp3) is 0.0833. The lowest BCUT2D eigenvalue weighted by Crippen LogP contribution is -2.03. The Labute approximate surface area is 137 Å². The van der Waals surface area contributed by atoms with Gasteiger partial charge in [0.25, 0.3) is 0 Å². The smallest absolute Gasteiger partial charge is 0.308 e. The minimum Gasteiger partial charge on any atom is -0.423 e. The molecule has 0 radical (unpaired) electrons. The molecule has 0 N–H and O–H groups in total. The highest BCUT2D eigenvalue weighted by Gasteiger charge is 2.21. The lowest BCUT2D eigenvalue weighted by atomic mass is 10.3. The predicted molar refractivity (Wildman–Crippen MR) is 85.3 cm³/mol. The molecule has 0 fully saturated rings. The molecule has 2 nitrogen and oxygen atoms in total. The van der Waals surface area contributed by atoms with Crippen molar-refractivity contribution in [1.82, 2.24) is 0 Å². The number of hydrogen-bond donors (Lipinski definition) is 0. The molecule has 0 aliphatic rings. The molecule has 0 aliphatic carbocycles. The molecule has 0 amide bonds. The van der Waals surface area contributed by atoms with E-state index in [1.165, 1.54) is 6.92 Å². The van der Waals surface area contributed by atoms with E-state index in [2.05, 4.69) is 26.3 Å². The first-order valence-electron chi connectivity index (χ1n) is 4.56. The van der Waals surface area contributed by atoms with Gasteiger partial charge in [-0.1, -0.05) is 58.0 Å². The molecule has 0 aromatic heterocycles. The zero-order valence-corrected chi connectivity index (χ0v) is 13.8. The van der Waals surface area contributed by atoms with Crippen LogP contribution in [0.4, 0.5) is 0 Å². The summed E-state index contributed by atoms with van der Waals surface area (Å²) in [6, 6.07) is 0. The van der Waals surface area contributed by atoms with E-state index in [9.17, 15) is 4.79 Å². The molecule has 1 aromatic carbocycles. The molecular formula is C12H11Cl5O2. The van der Waals surface area contributed by atoms with Crippen molar-refractivity contribution in [2.75, 3.05) is 0 Å². The summed E-state index contributed by atoms with van der Waals surface area (Å²) in [6.45, 7) is 13.2. The summed E-state index contributed by atoms with van der Waals surface area (Å²) in [5.74, 6) is -0.682. The van der Waals surface area contributed by atoms with Crippen molar-refractivity contribution in [3.63, 3.8) is 0 Å². The molecule has 0 heterocycles. The molecule has 19 heavy (non-hydrogen) atoms. The first kappa shape index (κ1) is 20.9. The summed E-state index contributed by atoms with van der Waals surface area (Å²) in [6.07, 6.45) is 0. The molecule has 0 saturated heterocycles. The summed E-state index contributed by atoms with van der Waals surface area (Å²) in [4.78, 5) is 10.8. The maximum Gasteiger partial charge on any atom is 0.308 e. The number of ether oxygens (including phenoxy) is 1. The third-order valence-corrected chi connectivity index (χ3v) is 3.66. The van der Waals surface area contributed by atoms with Gasteiger partial charge in [-0.3, -0.25) is 4.79 Å². The second-order valence-electron chi connectivity index (χ2n) is 2.49. The summed E-state index contributed by atoms with van der Waals surface area (Å²) >= 11 is 28.8. The number of rotatable bonds is 1. The molecule has 0 spiro atoms. The van der Waals surface area contributed by atoms with Crippen LogP contribution in [-0.4, -0.2) is 5.97 Å². The third kappa shape index (κ3) is 5.64. The van der Waals surface area contributed by atoms with Gasteiger partial charge in [-0.2, -0.15) is 0 Å². The van der Waals surface area contributed by atoms with E-state index >= 15 is 0 Å². The maximum atomic E-state index is 10.8. The van der Waals surface area contributed by atoms with Crippen LogP contribution in [-0.2, 0) is 4.79 Å². The van der Waals surface area contributed by atoms with Crippen LogP contribution in [0.2, 0.25) is 25.1 Å². The number of carbonyl (C=O) groups excluding carboxylic acids is 1. The fourth-order valence-electron chi connectivity index (χ4n) is 0.818. The monoisotopic (exact) mass is 362 g/mol. The van der Waals surface area contributed by atoms with Crippen LogP contribution in [0.3, 0.4) is 0 Å². The first-order valence-corrected chi connectivity index (χ1v) is 6.45. The van der Waals surface area contributed by atoms with Crippen LogP contribution < -0.4 is 4.74 Å². The zero-order chi connectivity index (χ0) is 15.7. The van der Waals surface area contributed by atoms with Crippen molar-refractivity contribution in [2.24, 2.45) is 0 Å². The van der Waals surface area contributed by atoms with Gasteiger partial charge in [0.05, 0.1) is 15.1 Å². The Bertz CT molecular complexity index is 429. The minimum atomic E-state index is -0.590. The summed E-state index contributed by atoms with van der Waals surface area (Å²) in [5.41, 5.74) is 0. The second kappa shape index (κ2) is 10.4. The van der Waals surface area contributed by atoms with Gasteiger partial charge in [-0.05, 0) is 0 Å². The van der Waals surface area contributed by atoms with Crippen LogP contribution in [0.1, 0.15) is 6.92 Å². The van der Waals surface area contributed by atoms with Gasteiger partial charge in [0.15, 0.2) is 5.75 Å². The molecule has 7 heteroatoms. The van der Waals surface area contributed by atoms with E-state index in [4.69, 9.17) is 62.7 Å². The van der Waals surface area contributed by atoms with Crippen LogP contribution >= 0.6 is 58.0 Å². The Hall–Kier alpha value is -0.380. The van der Waals surface area contributed by atoms with E-state index in [0.29, 0.717) is 0 Å². The molecule has 0 aliphatic heterocycles. The van der Waals surface area contributed by atoms with E-state index in [1.807, 2.05) is 0 Å². The molecule has 1 rings (SSSR count). The van der Waals surface area contributed by atoms with Crippen LogP contribution in [0.5, 0.6) is 5.75 Å². The SMILES string of the molecule is C=C.C=C.CC(=O)Oc1c(Cl)c(Cl)c(Cl)c(Cl)c1Cl.